The molecule has 1 amide bonds. The predicted octanol–water partition coefficient (Wildman–Crippen LogP) is 3.00. The monoisotopic (exact) mass is 348 g/mol. The molecule has 2 aromatic carbocycles. The van der Waals surface area contributed by atoms with Crippen LogP contribution in [-0.4, -0.2) is 17.4 Å². The zero-order valence-corrected chi connectivity index (χ0v) is 13.1. The Kier molecular flexibility index (Phi) is 5.56. The van der Waals surface area contributed by atoms with Gasteiger partial charge >= 0.3 is 0 Å². The van der Waals surface area contributed by atoms with Crippen LogP contribution in [0.25, 0.3) is 0 Å². The highest BCUT2D eigenvalue weighted by atomic mass is 35.5. The van der Waals surface area contributed by atoms with Crippen LogP contribution >= 0.6 is 11.6 Å². The van der Waals surface area contributed by atoms with Crippen molar-refractivity contribution in [1.82, 2.24) is 0 Å². The number of carbonyl (C=O) groups is 1. The zero-order valence-electron chi connectivity index (χ0n) is 12.3. The minimum absolute atomic E-state index is 0.161. The molecular weight excluding hydrogens is 336 g/mol. The SMILES string of the molecule is NCC(=O)Nc1ccc([N+](=O)[O-])cc1C(N=O)c1ccccc1Cl. The molecule has 24 heavy (non-hydrogen) atoms. The van der Waals surface area contributed by atoms with E-state index in [2.05, 4.69) is 10.5 Å². The number of nitroso groups, excluding NO2 is 1. The number of hydrogen-bond acceptors (Lipinski definition) is 6. The van der Waals surface area contributed by atoms with Gasteiger partial charge in [-0.25, -0.2) is 0 Å². The molecule has 0 aliphatic heterocycles. The smallest absolute Gasteiger partial charge is 0.269 e. The van der Waals surface area contributed by atoms with Crippen LogP contribution in [-0.2, 0) is 4.79 Å². The van der Waals surface area contributed by atoms with Crippen LogP contribution in [0.3, 0.4) is 0 Å². The fourth-order valence-corrected chi connectivity index (χ4v) is 2.42. The summed E-state index contributed by atoms with van der Waals surface area (Å²) in [5.74, 6) is -0.506. The highest BCUT2D eigenvalue weighted by molar-refractivity contribution is 6.31. The zero-order chi connectivity index (χ0) is 17.7. The maximum absolute atomic E-state index is 11.6. The average Bonchev–Trinajstić information content (AvgIpc) is 2.58. The van der Waals surface area contributed by atoms with E-state index in [1.165, 1.54) is 18.2 Å². The number of anilines is 1. The molecule has 0 radical (unpaired) electrons. The number of nitrogens with zero attached hydrogens (tertiary/aromatic N) is 2. The number of nitrogens with one attached hydrogen (secondary N) is 1. The van der Waals surface area contributed by atoms with Crippen LogP contribution in [0.15, 0.2) is 47.6 Å². The van der Waals surface area contributed by atoms with E-state index < -0.39 is 16.9 Å². The van der Waals surface area contributed by atoms with Gasteiger partial charge in [-0.3, -0.25) is 14.9 Å². The van der Waals surface area contributed by atoms with Crippen molar-refractivity contribution in [1.29, 1.82) is 0 Å². The third-order valence-electron chi connectivity index (χ3n) is 3.31. The van der Waals surface area contributed by atoms with Crippen LogP contribution in [0, 0.1) is 15.0 Å². The lowest BCUT2D eigenvalue weighted by atomic mass is 9.97. The molecule has 0 aliphatic carbocycles. The lowest BCUT2D eigenvalue weighted by molar-refractivity contribution is -0.384. The molecule has 9 heteroatoms. The number of carbonyl (C=O) groups excluding carboxylic acids is 1. The molecule has 0 saturated carbocycles. The molecule has 0 saturated heterocycles. The van der Waals surface area contributed by atoms with E-state index in [0.717, 1.165) is 0 Å². The van der Waals surface area contributed by atoms with Gasteiger partial charge in [-0.15, -0.1) is 4.91 Å². The van der Waals surface area contributed by atoms with E-state index in [-0.39, 0.29) is 28.5 Å². The molecule has 0 bridgehead atoms. The lowest BCUT2D eigenvalue weighted by Crippen LogP contribution is -2.23. The van der Waals surface area contributed by atoms with Gasteiger partial charge in [-0.05, 0) is 12.1 Å². The molecule has 0 aromatic heterocycles. The fourth-order valence-electron chi connectivity index (χ4n) is 2.18. The van der Waals surface area contributed by atoms with E-state index in [1.807, 2.05) is 0 Å². The maximum Gasteiger partial charge on any atom is 0.269 e. The van der Waals surface area contributed by atoms with Gasteiger partial charge in [-0.1, -0.05) is 35.0 Å². The second kappa shape index (κ2) is 7.62. The first-order valence-corrected chi connectivity index (χ1v) is 7.21. The van der Waals surface area contributed by atoms with Crippen molar-refractivity contribution >= 4 is 28.9 Å². The van der Waals surface area contributed by atoms with Gasteiger partial charge in [0, 0.05) is 34.0 Å². The fraction of sp³-hybridized carbons (Fsp3) is 0.133. The number of halogens is 1. The van der Waals surface area contributed by atoms with Gasteiger partial charge in [0.05, 0.1) is 11.5 Å². The van der Waals surface area contributed by atoms with Crippen LogP contribution in [0.2, 0.25) is 5.02 Å². The molecule has 0 aliphatic rings. The average molecular weight is 349 g/mol. The summed E-state index contributed by atoms with van der Waals surface area (Å²) in [6, 6.07) is 9.10. The quantitative estimate of drug-likeness (QED) is 0.471. The second-order valence-corrected chi connectivity index (χ2v) is 5.22. The molecule has 8 nitrogen and oxygen atoms in total. The normalized spacial score (nSPS) is 11.6. The first-order chi connectivity index (χ1) is 11.5. The molecule has 0 heterocycles. The van der Waals surface area contributed by atoms with Gasteiger partial charge in [0.15, 0.2) is 0 Å². The highest BCUT2D eigenvalue weighted by Crippen LogP contribution is 2.37. The van der Waals surface area contributed by atoms with Gasteiger partial charge in [-0.2, -0.15) is 0 Å². The largest absolute Gasteiger partial charge is 0.325 e. The lowest BCUT2D eigenvalue weighted by Gasteiger charge is -2.16. The Morgan fingerprint density at radius 2 is 2.00 bits per heavy atom. The van der Waals surface area contributed by atoms with Gasteiger partial charge < -0.3 is 11.1 Å². The second-order valence-electron chi connectivity index (χ2n) is 4.81. The molecule has 2 aromatic rings. The first-order valence-electron chi connectivity index (χ1n) is 6.83. The van der Waals surface area contributed by atoms with Crippen molar-refractivity contribution in [2.45, 2.75) is 6.04 Å². The molecule has 3 N–H and O–H groups in total. The molecule has 1 unspecified atom stereocenters. The van der Waals surface area contributed by atoms with Crippen molar-refractivity contribution in [3.8, 4) is 0 Å². The summed E-state index contributed by atoms with van der Waals surface area (Å²) in [5, 5.41) is 16.8. The van der Waals surface area contributed by atoms with E-state index in [9.17, 15) is 19.8 Å². The van der Waals surface area contributed by atoms with Gasteiger partial charge in [0.2, 0.25) is 5.91 Å². The van der Waals surface area contributed by atoms with E-state index >= 15 is 0 Å². The Bertz CT molecular complexity index is 797. The molecular formula is C15H13ClN4O4. The van der Waals surface area contributed by atoms with Crippen molar-refractivity contribution in [3.63, 3.8) is 0 Å². The summed E-state index contributed by atoms with van der Waals surface area (Å²) in [6.07, 6.45) is 0. The van der Waals surface area contributed by atoms with Crippen LogP contribution < -0.4 is 11.1 Å². The van der Waals surface area contributed by atoms with Crippen LogP contribution in [0.4, 0.5) is 11.4 Å². The Morgan fingerprint density at radius 1 is 1.29 bits per heavy atom. The summed E-state index contributed by atoms with van der Waals surface area (Å²) in [6.45, 7) is -0.276. The molecule has 0 spiro atoms. The van der Waals surface area contributed by atoms with Gasteiger partial charge in [0.25, 0.3) is 5.69 Å². The number of nitro benzene ring substituents is 1. The molecule has 1 atom stereocenters. The van der Waals surface area contributed by atoms with E-state index in [0.29, 0.717) is 5.56 Å². The van der Waals surface area contributed by atoms with Crippen LogP contribution in [0.1, 0.15) is 17.2 Å². The topological polar surface area (TPSA) is 128 Å². The third-order valence-corrected chi connectivity index (χ3v) is 3.65. The van der Waals surface area contributed by atoms with Gasteiger partial charge in [0.1, 0.15) is 6.04 Å². The summed E-state index contributed by atoms with van der Waals surface area (Å²) in [5.41, 5.74) is 5.77. The Labute approximate surface area is 141 Å². The number of amides is 1. The van der Waals surface area contributed by atoms with E-state index in [1.54, 1.807) is 24.3 Å². The van der Waals surface area contributed by atoms with Crippen molar-refractivity contribution in [2.75, 3.05) is 11.9 Å². The number of nitrogens with two attached hydrogens (primary N) is 1. The van der Waals surface area contributed by atoms with Crippen molar-refractivity contribution in [2.24, 2.45) is 10.9 Å². The predicted molar refractivity (Wildman–Crippen MR) is 89.9 cm³/mol. The Morgan fingerprint density at radius 3 is 2.58 bits per heavy atom. The highest BCUT2D eigenvalue weighted by Gasteiger charge is 2.24. The molecule has 0 fully saturated rings. The van der Waals surface area contributed by atoms with E-state index in [4.69, 9.17) is 17.3 Å². The van der Waals surface area contributed by atoms with Crippen molar-refractivity contribution < 1.29 is 9.72 Å². The number of nitro groups is 1. The maximum atomic E-state index is 11.6. The van der Waals surface area contributed by atoms with Crippen molar-refractivity contribution in [3.05, 3.63) is 73.6 Å². The summed E-state index contributed by atoms with van der Waals surface area (Å²) < 4.78 is 0. The number of benzene rings is 2. The minimum atomic E-state index is -1.12. The third kappa shape index (κ3) is 3.73. The number of non-ortho nitro benzene ring substituents is 1. The molecule has 124 valence electrons. The summed E-state index contributed by atoms with van der Waals surface area (Å²) >= 11 is 6.10. The summed E-state index contributed by atoms with van der Waals surface area (Å²) in [7, 11) is 0. The first kappa shape index (κ1) is 17.5. The Hall–Kier alpha value is -2.84. The summed E-state index contributed by atoms with van der Waals surface area (Å²) in [4.78, 5) is 33.4. The number of rotatable bonds is 6. The minimum Gasteiger partial charge on any atom is -0.325 e. The standard InChI is InChI=1S/C15H13ClN4O4/c16-12-4-2-1-3-10(12)15(19-22)11-7-9(20(23)24)5-6-13(11)18-14(21)8-17/h1-7,15H,8,17H2,(H,18,21). The molecule has 2 rings (SSSR count). The Balaban J connectivity index is 2.60. The number of hydrogen-bond donors (Lipinski definition) is 2. The van der Waals surface area contributed by atoms with Crippen LogP contribution in [0.5, 0.6) is 0 Å².